The Morgan fingerprint density at radius 1 is 1.35 bits per heavy atom. The minimum absolute atomic E-state index is 0.0204. The number of amides is 1. The number of nitrogens with zero attached hydrogens (tertiary/aromatic N) is 3. The van der Waals surface area contributed by atoms with E-state index in [-0.39, 0.29) is 12.0 Å². The van der Waals surface area contributed by atoms with Gasteiger partial charge in [0.1, 0.15) is 5.69 Å². The summed E-state index contributed by atoms with van der Waals surface area (Å²) >= 11 is 0. The molecule has 0 radical (unpaired) electrons. The molecule has 6 nitrogen and oxygen atoms in total. The van der Waals surface area contributed by atoms with Crippen LogP contribution in [-0.4, -0.2) is 53.7 Å². The van der Waals surface area contributed by atoms with Crippen LogP contribution in [0, 0.1) is 0 Å². The molecule has 1 aliphatic rings. The first-order chi connectivity index (χ1) is 12.7. The van der Waals surface area contributed by atoms with Crippen molar-refractivity contribution in [3.8, 4) is 17.1 Å². The molecule has 0 N–H and O–H groups in total. The number of aromatic nitrogens is 2. The van der Waals surface area contributed by atoms with Crippen LogP contribution < -0.4 is 4.74 Å². The molecule has 2 aromatic rings. The van der Waals surface area contributed by atoms with Gasteiger partial charge in [0.05, 0.1) is 13.2 Å². The number of methoxy groups -OCH3 is 1. The normalized spacial score (nSPS) is 16.5. The van der Waals surface area contributed by atoms with Crippen molar-refractivity contribution in [3.05, 3.63) is 42.2 Å². The summed E-state index contributed by atoms with van der Waals surface area (Å²) < 4.78 is 11.0. The summed E-state index contributed by atoms with van der Waals surface area (Å²) in [6.07, 6.45) is 6.35. The lowest BCUT2D eigenvalue weighted by atomic mass is 10.1. The smallest absolute Gasteiger partial charge is 0.253 e. The summed E-state index contributed by atoms with van der Waals surface area (Å²) in [6.45, 7) is 4.24. The molecule has 1 saturated heterocycles. The molecule has 2 heterocycles. The summed E-state index contributed by atoms with van der Waals surface area (Å²) in [5, 5.41) is 0. The SMILES string of the molecule is CCCN(C[C@H]1CCCO1)C(=O)c1cccc(-c2nccnc2OC)c1. The molecule has 1 amide bonds. The maximum Gasteiger partial charge on any atom is 0.253 e. The number of hydrogen-bond donors (Lipinski definition) is 0. The summed E-state index contributed by atoms with van der Waals surface area (Å²) in [5.41, 5.74) is 2.09. The Morgan fingerprint density at radius 2 is 2.19 bits per heavy atom. The van der Waals surface area contributed by atoms with Gasteiger partial charge in [0, 0.05) is 43.2 Å². The Kier molecular flexibility index (Phi) is 6.17. The van der Waals surface area contributed by atoms with Crippen molar-refractivity contribution in [2.45, 2.75) is 32.3 Å². The fourth-order valence-electron chi connectivity index (χ4n) is 3.23. The van der Waals surface area contributed by atoms with Crippen LogP contribution in [0.25, 0.3) is 11.3 Å². The molecule has 3 rings (SSSR count). The number of rotatable bonds is 7. The largest absolute Gasteiger partial charge is 0.479 e. The molecule has 1 aromatic heterocycles. The highest BCUT2D eigenvalue weighted by Crippen LogP contribution is 2.26. The second-order valence-electron chi connectivity index (χ2n) is 6.38. The standard InChI is InChI=1S/C20H25N3O3/c1-3-11-23(14-17-8-5-12-26-17)20(24)16-7-4-6-15(13-16)18-19(25-2)22-10-9-21-18/h4,6-7,9-10,13,17H,3,5,8,11-12,14H2,1-2H3/t17-/m1/s1. The number of ether oxygens (including phenoxy) is 2. The molecule has 0 spiro atoms. The van der Waals surface area contributed by atoms with Gasteiger partial charge in [-0.1, -0.05) is 19.1 Å². The molecule has 6 heteroatoms. The zero-order valence-electron chi connectivity index (χ0n) is 15.4. The van der Waals surface area contributed by atoms with Crippen molar-refractivity contribution in [1.82, 2.24) is 14.9 Å². The van der Waals surface area contributed by atoms with E-state index >= 15 is 0 Å². The van der Waals surface area contributed by atoms with E-state index in [1.54, 1.807) is 19.5 Å². The van der Waals surface area contributed by atoms with Crippen molar-refractivity contribution in [1.29, 1.82) is 0 Å². The van der Waals surface area contributed by atoms with Crippen LogP contribution in [-0.2, 0) is 4.74 Å². The van der Waals surface area contributed by atoms with Crippen molar-refractivity contribution < 1.29 is 14.3 Å². The van der Waals surface area contributed by atoms with Crippen molar-refractivity contribution in [2.24, 2.45) is 0 Å². The molecule has 138 valence electrons. The second-order valence-corrected chi connectivity index (χ2v) is 6.38. The van der Waals surface area contributed by atoms with E-state index in [0.717, 1.165) is 38.0 Å². The Balaban J connectivity index is 1.84. The highest BCUT2D eigenvalue weighted by atomic mass is 16.5. The van der Waals surface area contributed by atoms with E-state index in [0.29, 0.717) is 23.7 Å². The number of carbonyl (C=O) groups excluding carboxylic acids is 1. The predicted octanol–water partition coefficient (Wildman–Crippen LogP) is 3.18. The van der Waals surface area contributed by atoms with E-state index in [2.05, 4.69) is 16.9 Å². The van der Waals surface area contributed by atoms with E-state index in [1.165, 1.54) is 0 Å². The third-order valence-corrected chi connectivity index (χ3v) is 4.47. The van der Waals surface area contributed by atoms with Crippen LogP contribution in [0.5, 0.6) is 5.88 Å². The molecule has 0 aliphatic carbocycles. The first-order valence-corrected chi connectivity index (χ1v) is 9.09. The lowest BCUT2D eigenvalue weighted by molar-refractivity contribution is 0.0526. The van der Waals surface area contributed by atoms with E-state index in [1.807, 2.05) is 29.2 Å². The van der Waals surface area contributed by atoms with Crippen molar-refractivity contribution in [3.63, 3.8) is 0 Å². The number of benzene rings is 1. The minimum Gasteiger partial charge on any atom is -0.479 e. The van der Waals surface area contributed by atoms with Crippen LogP contribution in [0.1, 0.15) is 36.5 Å². The van der Waals surface area contributed by atoms with Gasteiger partial charge in [-0.2, -0.15) is 0 Å². The Hall–Kier alpha value is -2.47. The average molecular weight is 355 g/mol. The van der Waals surface area contributed by atoms with Crippen LogP contribution >= 0.6 is 0 Å². The van der Waals surface area contributed by atoms with Gasteiger partial charge in [0.2, 0.25) is 5.88 Å². The molecular formula is C20H25N3O3. The van der Waals surface area contributed by atoms with Gasteiger partial charge in [-0.05, 0) is 31.4 Å². The average Bonchev–Trinajstić information content (AvgIpc) is 3.20. The van der Waals surface area contributed by atoms with E-state index in [4.69, 9.17) is 9.47 Å². The van der Waals surface area contributed by atoms with Crippen LogP contribution in [0.4, 0.5) is 0 Å². The topological polar surface area (TPSA) is 64.5 Å². The van der Waals surface area contributed by atoms with Gasteiger partial charge in [0.15, 0.2) is 0 Å². The van der Waals surface area contributed by atoms with Crippen molar-refractivity contribution in [2.75, 3.05) is 26.8 Å². The third-order valence-electron chi connectivity index (χ3n) is 4.47. The molecular weight excluding hydrogens is 330 g/mol. The lowest BCUT2D eigenvalue weighted by Crippen LogP contribution is -2.37. The van der Waals surface area contributed by atoms with E-state index in [9.17, 15) is 4.79 Å². The number of hydrogen-bond acceptors (Lipinski definition) is 5. The molecule has 0 bridgehead atoms. The summed E-state index contributed by atoms with van der Waals surface area (Å²) in [7, 11) is 1.56. The van der Waals surface area contributed by atoms with Gasteiger partial charge >= 0.3 is 0 Å². The third kappa shape index (κ3) is 4.19. The number of carbonyl (C=O) groups is 1. The zero-order chi connectivity index (χ0) is 18.4. The maximum absolute atomic E-state index is 13.1. The van der Waals surface area contributed by atoms with Crippen molar-refractivity contribution >= 4 is 5.91 Å². The fraction of sp³-hybridized carbons (Fsp3) is 0.450. The lowest BCUT2D eigenvalue weighted by Gasteiger charge is -2.25. The summed E-state index contributed by atoms with van der Waals surface area (Å²) in [4.78, 5) is 23.5. The molecule has 1 fully saturated rings. The predicted molar refractivity (Wildman–Crippen MR) is 99.2 cm³/mol. The molecule has 1 aromatic carbocycles. The summed E-state index contributed by atoms with van der Waals surface area (Å²) in [5.74, 6) is 0.467. The second kappa shape index (κ2) is 8.76. The highest BCUT2D eigenvalue weighted by molar-refractivity contribution is 5.95. The Bertz CT molecular complexity index is 745. The van der Waals surface area contributed by atoms with Crippen LogP contribution in [0.2, 0.25) is 0 Å². The monoisotopic (exact) mass is 355 g/mol. The molecule has 1 aliphatic heterocycles. The fourth-order valence-corrected chi connectivity index (χ4v) is 3.23. The molecule has 1 atom stereocenters. The van der Waals surface area contributed by atoms with Gasteiger partial charge in [-0.15, -0.1) is 0 Å². The first kappa shape index (κ1) is 18.3. The quantitative estimate of drug-likeness (QED) is 0.763. The molecule has 0 unspecified atom stereocenters. The Labute approximate surface area is 154 Å². The molecule has 0 saturated carbocycles. The zero-order valence-corrected chi connectivity index (χ0v) is 15.4. The highest BCUT2D eigenvalue weighted by Gasteiger charge is 2.23. The van der Waals surface area contributed by atoms with Crippen LogP contribution in [0.3, 0.4) is 0 Å². The Morgan fingerprint density at radius 3 is 2.92 bits per heavy atom. The van der Waals surface area contributed by atoms with E-state index < -0.39 is 0 Å². The van der Waals surface area contributed by atoms with Crippen LogP contribution in [0.15, 0.2) is 36.7 Å². The van der Waals surface area contributed by atoms with Gasteiger partial charge in [-0.3, -0.25) is 4.79 Å². The molecule has 26 heavy (non-hydrogen) atoms. The summed E-state index contributed by atoms with van der Waals surface area (Å²) in [6, 6.07) is 7.47. The minimum atomic E-state index is 0.0204. The van der Waals surface area contributed by atoms with Gasteiger partial charge in [-0.25, -0.2) is 9.97 Å². The van der Waals surface area contributed by atoms with Gasteiger partial charge in [0.25, 0.3) is 5.91 Å². The first-order valence-electron chi connectivity index (χ1n) is 9.09. The van der Waals surface area contributed by atoms with Gasteiger partial charge < -0.3 is 14.4 Å². The maximum atomic E-state index is 13.1.